The van der Waals surface area contributed by atoms with Gasteiger partial charge in [-0.3, -0.25) is 4.90 Å². The number of ether oxygens (including phenoxy) is 1. The van der Waals surface area contributed by atoms with Gasteiger partial charge in [0, 0.05) is 40.8 Å². The topological polar surface area (TPSA) is 31.8 Å². The van der Waals surface area contributed by atoms with E-state index in [0.29, 0.717) is 23.7 Å². The maximum Gasteiger partial charge on any atom is 0.185 e. The van der Waals surface area contributed by atoms with E-state index in [-0.39, 0.29) is 56.8 Å². The van der Waals surface area contributed by atoms with Crippen LogP contribution in [0.15, 0.2) is 237 Å². The highest BCUT2D eigenvalue weighted by atomic mass is 28.3. The standard InChI is InChI=1S/C86H86N4OSi/c1-82(2,3)60-37-35-56(36-38-60)58-47-59(49-64(48-58)86(13,14)15)69-30-24-29-68(57-25-17-16-18-26-57)81(69)89-55-88(72-31-19-20-32-73(72)89)65-27-23-28-66(53-65)91-67-41-44-79-75(54-67)90(80-52-63(45-46-87-80)85(10,11)12)74-33-21-22-34-78(74)92(79)76-42-39-61(83(4,5)6)50-70(76)71-51-62(84(7,8)9)40-43-77(71)92/h16-54H,55H2,1-15H3/i16D,17D,18D,25D,26D. The Labute approximate surface area is 555 Å². The lowest BCUT2D eigenvalue weighted by atomic mass is 9.82. The molecule has 0 saturated carbocycles. The Hall–Kier alpha value is -9.23. The van der Waals surface area contributed by atoms with Gasteiger partial charge in [-0.05, 0) is 164 Å². The third-order valence-electron chi connectivity index (χ3n) is 19.3. The third-order valence-corrected chi connectivity index (χ3v) is 24.2. The Morgan fingerprint density at radius 1 is 0.370 bits per heavy atom. The first kappa shape index (κ1) is 54.5. The lowest BCUT2D eigenvalue weighted by Crippen LogP contribution is -2.75. The fraction of sp³-hybridized carbons (Fsp3) is 0.244. The third kappa shape index (κ3) is 10.4. The second-order valence-electron chi connectivity index (χ2n) is 30.6. The van der Waals surface area contributed by atoms with Crippen molar-refractivity contribution in [2.45, 2.75) is 131 Å². The van der Waals surface area contributed by atoms with Crippen LogP contribution in [0.3, 0.4) is 0 Å². The van der Waals surface area contributed by atoms with Crippen LogP contribution >= 0.6 is 0 Å². The van der Waals surface area contributed by atoms with Gasteiger partial charge in [0.25, 0.3) is 0 Å². The molecule has 11 aromatic rings. The van der Waals surface area contributed by atoms with Crippen molar-refractivity contribution < 1.29 is 11.6 Å². The summed E-state index contributed by atoms with van der Waals surface area (Å²) in [6.45, 7) is 34.3. The van der Waals surface area contributed by atoms with Crippen LogP contribution in [0, 0.1) is 0 Å². The Morgan fingerprint density at radius 2 is 0.891 bits per heavy atom. The summed E-state index contributed by atoms with van der Waals surface area (Å²) in [5.41, 5.74) is 18.6. The number of anilines is 7. The number of hydrogen-bond acceptors (Lipinski definition) is 5. The predicted octanol–water partition coefficient (Wildman–Crippen LogP) is 20.8. The molecular weight excluding hydrogens is 1130 g/mol. The van der Waals surface area contributed by atoms with E-state index >= 15 is 0 Å². The van der Waals surface area contributed by atoms with Crippen LogP contribution in [0.2, 0.25) is 0 Å². The zero-order valence-corrected chi connectivity index (χ0v) is 57.0. The highest BCUT2D eigenvalue weighted by molar-refractivity contribution is 7.23. The van der Waals surface area contributed by atoms with E-state index in [1.54, 1.807) is 0 Å². The minimum Gasteiger partial charge on any atom is -0.457 e. The molecule has 0 radical (unpaired) electrons. The molecule has 14 rings (SSSR count). The molecule has 0 fully saturated rings. The first-order chi connectivity index (χ1) is 45.8. The van der Waals surface area contributed by atoms with Gasteiger partial charge in [-0.2, -0.15) is 0 Å². The van der Waals surface area contributed by atoms with Crippen molar-refractivity contribution in [3.63, 3.8) is 0 Å². The summed E-state index contributed by atoms with van der Waals surface area (Å²) in [5, 5.41) is 5.38. The lowest BCUT2D eigenvalue weighted by molar-refractivity contribution is 0.483. The Kier molecular flexibility index (Phi) is 13.0. The molecule has 0 atom stereocenters. The second-order valence-corrected chi connectivity index (χ2v) is 34.3. The molecule has 5 nitrogen and oxygen atoms in total. The minimum atomic E-state index is -3.09. The molecule has 1 spiro atoms. The van der Waals surface area contributed by atoms with E-state index in [1.165, 1.54) is 54.1 Å². The van der Waals surface area contributed by atoms with Crippen LogP contribution in [0.4, 0.5) is 39.9 Å². The monoisotopic (exact) mass is 1220 g/mol. The maximum atomic E-state index is 9.48. The number of nitrogens with zero attached hydrogens (tertiary/aromatic N) is 4. The van der Waals surface area contributed by atoms with Crippen molar-refractivity contribution in [1.82, 2.24) is 4.98 Å². The van der Waals surface area contributed by atoms with Crippen molar-refractivity contribution in [3.05, 3.63) is 264 Å². The number of hydrogen-bond donors (Lipinski definition) is 0. The van der Waals surface area contributed by atoms with Crippen molar-refractivity contribution >= 4 is 68.8 Å². The van der Waals surface area contributed by atoms with Crippen LogP contribution in [0.25, 0.3) is 44.5 Å². The molecule has 0 bridgehead atoms. The minimum absolute atomic E-state index is 0.0157. The maximum absolute atomic E-state index is 9.48. The summed E-state index contributed by atoms with van der Waals surface area (Å²) in [6, 6.07) is 71.4. The Morgan fingerprint density at radius 3 is 1.52 bits per heavy atom. The average molecular weight is 1220 g/mol. The molecule has 0 aliphatic carbocycles. The van der Waals surface area contributed by atoms with E-state index in [9.17, 15) is 2.74 Å². The lowest BCUT2D eigenvalue weighted by Gasteiger charge is -2.43. The summed E-state index contributed by atoms with van der Waals surface area (Å²) in [5.74, 6) is 2.18. The van der Waals surface area contributed by atoms with Crippen molar-refractivity contribution in [3.8, 4) is 56.0 Å². The van der Waals surface area contributed by atoms with Crippen molar-refractivity contribution in [2.24, 2.45) is 0 Å². The van der Waals surface area contributed by atoms with E-state index < -0.39 is 14.1 Å². The predicted molar refractivity (Wildman–Crippen MR) is 393 cm³/mol. The molecule has 0 N–H and O–H groups in total. The van der Waals surface area contributed by atoms with E-state index in [4.69, 9.17) is 13.8 Å². The molecule has 4 heterocycles. The number of benzene rings is 10. The molecule has 0 saturated heterocycles. The van der Waals surface area contributed by atoms with E-state index in [1.807, 2.05) is 36.5 Å². The van der Waals surface area contributed by atoms with Gasteiger partial charge in [0.05, 0.1) is 29.6 Å². The Bertz CT molecular complexity index is 4910. The van der Waals surface area contributed by atoms with Gasteiger partial charge in [0.1, 0.15) is 24.0 Å². The molecule has 0 amide bonds. The summed E-state index contributed by atoms with van der Waals surface area (Å²) in [4.78, 5) is 12.1. The highest BCUT2D eigenvalue weighted by Crippen LogP contribution is 2.52. The number of rotatable bonds is 8. The molecule has 1 aromatic heterocycles. The molecule has 3 aliphatic rings. The van der Waals surface area contributed by atoms with Crippen LogP contribution in [-0.2, 0) is 27.1 Å². The molecule has 460 valence electrons. The first-order valence-corrected chi connectivity index (χ1v) is 34.5. The molecular formula is C86H86N4OSi. The normalized spacial score (nSPS) is 15.0. The van der Waals surface area contributed by atoms with Crippen LogP contribution in [0.1, 0.15) is 139 Å². The number of fused-ring (bicyclic) bond motifs is 10. The highest BCUT2D eigenvalue weighted by Gasteiger charge is 2.55. The molecule has 3 aliphatic heterocycles. The number of para-hydroxylation sites is 4. The van der Waals surface area contributed by atoms with E-state index in [0.717, 1.165) is 67.8 Å². The smallest absolute Gasteiger partial charge is 0.185 e. The summed E-state index contributed by atoms with van der Waals surface area (Å²) in [7, 11) is -3.09. The summed E-state index contributed by atoms with van der Waals surface area (Å²) >= 11 is 0. The summed E-state index contributed by atoms with van der Waals surface area (Å²) in [6.07, 6.45) is 1.95. The molecule has 10 aromatic carbocycles. The van der Waals surface area contributed by atoms with Gasteiger partial charge in [0.15, 0.2) is 8.07 Å². The fourth-order valence-corrected chi connectivity index (χ4v) is 19.6. The van der Waals surface area contributed by atoms with Gasteiger partial charge < -0.3 is 14.5 Å². The second kappa shape index (κ2) is 22.0. The van der Waals surface area contributed by atoms with E-state index in [2.05, 4.69) is 288 Å². The van der Waals surface area contributed by atoms with Crippen LogP contribution in [0.5, 0.6) is 11.5 Å². The quantitative estimate of drug-likeness (QED) is 0.142. The fourth-order valence-electron chi connectivity index (χ4n) is 14.1. The van der Waals surface area contributed by atoms with Crippen molar-refractivity contribution in [1.29, 1.82) is 0 Å². The average Bonchev–Trinajstić information content (AvgIpc) is 1.57. The van der Waals surface area contributed by atoms with Gasteiger partial charge >= 0.3 is 0 Å². The van der Waals surface area contributed by atoms with Crippen LogP contribution < -0.4 is 40.2 Å². The largest absolute Gasteiger partial charge is 0.457 e. The zero-order chi connectivity index (χ0) is 68.8. The van der Waals surface area contributed by atoms with Gasteiger partial charge in [-0.25, -0.2) is 4.98 Å². The van der Waals surface area contributed by atoms with Crippen molar-refractivity contribution in [2.75, 3.05) is 21.4 Å². The Balaban J connectivity index is 0.915. The molecule has 0 unspecified atom stereocenters. The molecule has 6 heteroatoms. The van der Waals surface area contributed by atoms with Gasteiger partial charge in [0.2, 0.25) is 0 Å². The number of aromatic nitrogens is 1. The van der Waals surface area contributed by atoms with Crippen LogP contribution in [-0.4, -0.2) is 19.7 Å². The first-order valence-electron chi connectivity index (χ1n) is 35.0. The summed E-state index contributed by atoms with van der Waals surface area (Å²) < 4.78 is 52.8. The zero-order valence-electron chi connectivity index (χ0n) is 61.0. The SMILES string of the molecule is [2H]c1c([2H])c([2H])c(-c2cccc(-c3cc(-c4ccc(C(C)(C)C)cc4)cc(C(C)(C)C)c3)c2N2CN(c3cccc(Oc4ccc5c(c4)N(c4cc(C(C)(C)C)ccn4)c4ccccc4[Si]54c5ccc(C(C)(C)C)cc5-c5cc(C(C)(C)C)ccc54)c3)c3ccccc32)c([2H])c1[2H]. The van der Waals surface area contributed by atoms with Gasteiger partial charge in [-0.15, -0.1) is 0 Å². The number of pyridine rings is 1. The van der Waals surface area contributed by atoms with Gasteiger partial charge in [-0.1, -0.05) is 268 Å². The molecule has 92 heavy (non-hydrogen) atoms.